The van der Waals surface area contributed by atoms with Gasteiger partial charge in [0.1, 0.15) is 0 Å². The Balaban J connectivity index is 2.03. The molecule has 0 saturated carbocycles. The summed E-state index contributed by atoms with van der Waals surface area (Å²) in [5, 5.41) is 9.36. The molecule has 1 aliphatic heterocycles. The Hall–Kier alpha value is -2.25. The van der Waals surface area contributed by atoms with Gasteiger partial charge >= 0.3 is 5.97 Å². The lowest BCUT2D eigenvalue weighted by atomic mass is 9.93. The van der Waals surface area contributed by atoms with Crippen molar-refractivity contribution < 1.29 is 24.1 Å². The van der Waals surface area contributed by atoms with Crippen molar-refractivity contribution in [3.8, 4) is 17.2 Å². The Morgan fingerprint density at radius 1 is 1.14 bits per heavy atom. The summed E-state index contributed by atoms with van der Waals surface area (Å²) in [6, 6.07) is 8.38. The zero-order valence-electron chi connectivity index (χ0n) is 17.4. The third-order valence-electron chi connectivity index (χ3n) is 5.55. The number of nitrogens with zero attached hydrogens (tertiary/aromatic N) is 1. The standard InChI is InChI=1S/C22H29NO5S/c1-5-16-6-7-19(29-16)20(23-10-8-14(9-11-23)22(24)25)15-12-17(26-2)21(28-4)18(13-15)27-3/h6-7,12-14,20H,5,8-11H2,1-4H3,(H,24,25). The molecule has 0 amide bonds. The number of likely N-dealkylation sites (tertiary alicyclic amines) is 1. The number of benzene rings is 1. The molecule has 1 N–H and O–H groups in total. The fourth-order valence-corrected chi connectivity index (χ4v) is 5.07. The summed E-state index contributed by atoms with van der Waals surface area (Å²) in [6.45, 7) is 3.62. The molecule has 1 unspecified atom stereocenters. The van der Waals surface area contributed by atoms with Crippen LogP contribution in [0.5, 0.6) is 17.2 Å². The fraction of sp³-hybridized carbons (Fsp3) is 0.500. The predicted molar refractivity (Wildman–Crippen MR) is 114 cm³/mol. The fourth-order valence-electron chi connectivity index (χ4n) is 3.95. The van der Waals surface area contributed by atoms with Gasteiger partial charge in [0.2, 0.25) is 5.75 Å². The topological polar surface area (TPSA) is 68.2 Å². The highest BCUT2D eigenvalue weighted by Gasteiger charge is 2.32. The highest BCUT2D eigenvalue weighted by Crippen LogP contribution is 2.44. The molecule has 158 valence electrons. The molecule has 6 nitrogen and oxygen atoms in total. The predicted octanol–water partition coefficient (Wildman–Crippen LogP) is 4.22. The quantitative estimate of drug-likeness (QED) is 0.691. The molecular weight excluding hydrogens is 390 g/mol. The van der Waals surface area contributed by atoms with E-state index in [2.05, 4.69) is 24.0 Å². The van der Waals surface area contributed by atoms with E-state index in [4.69, 9.17) is 14.2 Å². The normalized spacial score (nSPS) is 16.4. The molecule has 0 aliphatic carbocycles. The summed E-state index contributed by atoms with van der Waals surface area (Å²) < 4.78 is 16.6. The number of ether oxygens (including phenoxy) is 3. The van der Waals surface area contributed by atoms with E-state index in [1.807, 2.05) is 12.1 Å². The first kappa shape index (κ1) is 21.5. The maximum absolute atomic E-state index is 11.4. The van der Waals surface area contributed by atoms with Crippen LogP contribution in [0.15, 0.2) is 24.3 Å². The molecule has 1 atom stereocenters. The number of aryl methyl sites for hydroxylation is 1. The van der Waals surface area contributed by atoms with Crippen molar-refractivity contribution in [2.75, 3.05) is 34.4 Å². The number of carboxylic acids is 1. The van der Waals surface area contributed by atoms with Crippen LogP contribution in [0.25, 0.3) is 0 Å². The van der Waals surface area contributed by atoms with Gasteiger partial charge in [0.25, 0.3) is 0 Å². The molecule has 1 aliphatic rings. The van der Waals surface area contributed by atoms with Gasteiger partial charge in [-0.2, -0.15) is 0 Å². The number of aliphatic carboxylic acids is 1. The van der Waals surface area contributed by atoms with E-state index in [9.17, 15) is 9.90 Å². The zero-order chi connectivity index (χ0) is 21.0. The lowest BCUT2D eigenvalue weighted by Crippen LogP contribution is -2.39. The summed E-state index contributed by atoms with van der Waals surface area (Å²) in [5.74, 6) is 0.862. The van der Waals surface area contributed by atoms with E-state index in [-0.39, 0.29) is 12.0 Å². The maximum atomic E-state index is 11.4. The van der Waals surface area contributed by atoms with Crippen LogP contribution in [0.3, 0.4) is 0 Å². The van der Waals surface area contributed by atoms with Crippen molar-refractivity contribution in [2.45, 2.75) is 32.2 Å². The molecule has 1 aromatic carbocycles. The number of carbonyl (C=O) groups is 1. The van der Waals surface area contributed by atoms with Crippen molar-refractivity contribution in [3.63, 3.8) is 0 Å². The van der Waals surface area contributed by atoms with Crippen molar-refractivity contribution >= 4 is 17.3 Å². The van der Waals surface area contributed by atoms with E-state index in [1.54, 1.807) is 32.7 Å². The number of methoxy groups -OCH3 is 3. The minimum atomic E-state index is -0.696. The van der Waals surface area contributed by atoms with E-state index in [1.165, 1.54) is 9.75 Å². The number of carboxylic acid groups (broad SMARTS) is 1. The second-order valence-electron chi connectivity index (χ2n) is 7.17. The number of hydrogen-bond acceptors (Lipinski definition) is 6. The van der Waals surface area contributed by atoms with E-state index >= 15 is 0 Å². The molecule has 0 spiro atoms. The number of piperidine rings is 1. The Labute approximate surface area is 176 Å². The molecule has 7 heteroatoms. The van der Waals surface area contributed by atoms with Gasteiger partial charge in [-0.25, -0.2) is 0 Å². The monoisotopic (exact) mass is 419 g/mol. The SMILES string of the molecule is CCc1ccc(C(c2cc(OC)c(OC)c(OC)c2)N2CCC(C(=O)O)CC2)s1. The first-order chi connectivity index (χ1) is 14.0. The van der Waals surface area contributed by atoms with Gasteiger partial charge in [-0.3, -0.25) is 9.69 Å². The Morgan fingerprint density at radius 2 is 1.76 bits per heavy atom. The molecule has 0 radical (unpaired) electrons. The van der Waals surface area contributed by atoms with Crippen LogP contribution in [-0.4, -0.2) is 50.4 Å². The molecule has 3 rings (SSSR count). The summed E-state index contributed by atoms with van der Waals surface area (Å²) in [4.78, 5) is 16.3. The summed E-state index contributed by atoms with van der Waals surface area (Å²) >= 11 is 1.80. The van der Waals surface area contributed by atoms with Crippen molar-refractivity contribution in [3.05, 3.63) is 39.6 Å². The lowest BCUT2D eigenvalue weighted by Gasteiger charge is -2.36. The van der Waals surface area contributed by atoms with Crippen molar-refractivity contribution in [1.29, 1.82) is 0 Å². The van der Waals surface area contributed by atoms with Crippen LogP contribution in [-0.2, 0) is 11.2 Å². The van der Waals surface area contributed by atoms with Gasteiger partial charge in [-0.05, 0) is 62.2 Å². The largest absolute Gasteiger partial charge is 0.493 e. The average Bonchev–Trinajstić information content (AvgIpc) is 3.22. The molecule has 1 saturated heterocycles. The van der Waals surface area contributed by atoms with Gasteiger partial charge in [0, 0.05) is 9.75 Å². The first-order valence-electron chi connectivity index (χ1n) is 9.87. The zero-order valence-corrected chi connectivity index (χ0v) is 18.3. The smallest absolute Gasteiger partial charge is 0.306 e. The Morgan fingerprint density at radius 3 is 2.21 bits per heavy atom. The van der Waals surface area contributed by atoms with E-state index < -0.39 is 5.97 Å². The number of thiophene rings is 1. The van der Waals surface area contributed by atoms with Crippen molar-refractivity contribution in [1.82, 2.24) is 4.90 Å². The van der Waals surface area contributed by atoms with Crippen LogP contribution >= 0.6 is 11.3 Å². The average molecular weight is 420 g/mol. The molecule has 29 heavy (non-hydrogen) atoms. The van der Waals surface area contributed by atoms with Gasteiger partial charge < -0.3 is 19.3 Å². The van der Waals surface area contributed by atoms with Crippen LogP contribution in [0, 0.1) is 5.92 Å². The molecule has 2 aromatic rings. The molecule has 2 heterocycles. The van der Waals surface area contributed by atoms with Crippen LogP contribution < -0.4 is 14.2 Å². The highest BCUT2D eigenvalue weighted by molar-refractivity contribution is 7.12. The lowest BCUT2D eigenvalue weighted by molar-refractivity contribution is -0.143. The second-order valence-corrected chi connectivity index (χ2v) is 8.37. The molecule has 1 aromatic heterocycles. The minimum Gasteiger partial charge on any atom is -0.493 e. The van der Waals surface area contributed by atoms with Crippen molar-refractivity contribution in [2.24, 2.45) is 5.92 Å². The van der Waals surface area contributed by atoms with E-state index in [0.29, 0.717) is 30.1 Å². The summed E-state index contributed by atoms with van der Waals surface area (Å²) in [7, 11) is 4.84. The summed E-state index contributed by atoms with van der Waals surface area (Å²) in [5.41, 5.74) is 1.05. The minimum absolute atomic E-state index is 0.0174. The Kier molecular flexibility index (Phi) is 7.03. The van der Waals surface area contributed by atoms with Crippen LogP contribution in [0.1, 0.15) is 41.1 Å². The van der Waals surface area contributed by atoms with Gasteiger partial charge in [-0.15, -0.1) is 11.3 Å². The molecule has 1 fully saturated rings. The van der Waals surface area contributed by atoms with Gasteiger partial charge in [-0.1, -0.05) is 6.92 Å². The number of rotatable bonds is 8. The maximum Gasteiger partial charge on any atom is 0.306 e. The summed E-state index contributed by atoms with van der Waals surface area (Å²) in [6.07, 6.45) is 2.30. The Bertz CT molecular complexity index is 816. The second kappa shape index (κ2) is 9.50. The third-order valence-corrected chi connectivity index (χ3v) is 6.83. The molecule has 0 bridgehead atoms. The third kappa shape index (κ3) is 4.51. The van der Waals surface area contributed by atoms with Gasteiger partial charge in [0.15, 0.2) is 11.5 Å². The first-order valence-corrected chi connectivity index (χ1v) is 10.7. The van der Waals surface area contributed by atoms with Crippen LogP contribution in [0.2, 0.25) is 0 Å². The van der Waals surface area contributed by atoms with Crippen LogP contribution in [0.4, 0.5) is 0 Å². The van der Waals surface area contributed by atoms with Gasteiger partial charge in [0.05, 0.1) is 33.3 Å². The molecular formula is C22H29NO5S. The van der Waals surface area contributed by atoms with E-state index in [0.717, 1.165) is 25.1 Å². The number of hydrogen-bond donors (Lipinski definition) is 1. The highest BCUT2D eigenvalue weighted by atomic mass is 32.1.